The van der Waals surface area contributed by atoms with Gasteiger partial charge in [-0.3, -0.25) is 0 Å². The molecule has 0 aromatic carbocycles. The molecule has 2 aromatic heterocycles. The Morgan fingerprint density at radius 1 is 1.35 bits per heavy atom. The number of rotatable bonds is 8. The maximum absolute atomic E-state index is 10.8. The lowest BCUT2D eigenvalue weighted by molar-refractivity contribution is 0.0690. The fourth-order valence-electron chi connectivity index (χ4n) is 1.88. The standard InChI is InChI=1S/C14H18N4O2/c19-14(20)13-5-3-4-12(17-13)10-15-6-1-2-8-18-9-7-16-11-18/h3-5,7,9,11,15H,1-2,6,8,10H2,(H,19,20). The molecule has 20 heavy (non-hydrogen) atoms. The van der Waals surface area contributed by atoms with Crippen LogP contribution < -0.4 is 5.32 Å². The topological polar surface area (TPSA) is 80.0 Å². The van der Waals surface area contributed by atoms with Crippen molar-refractivity contribution in [2.75, 3.05) is 6.54 Å². The Bertz CT molecular complexity index is 540. The van der Waals surface area contributed by atoms with Crippen LogP contribution in [-0.2, 0) is 13.1 Å². The first-order valence-electron chi connectivity index (χ1n) is 6.61. The highest BCUT2D eigenvalue weighted by Gasteiger charge is 2.04. The molecule has 0 atom stereocenters. The van der Waals surface area contributed by atoms with Gasteiger partial charge in [0.05, 0.1) is 12.0 Å². The van der Waals surface area contributed by atoms with Crippen LogP contribution in [0.1, 0.15) is 29.0 Å². The number of unbranched alkanes of at least 4 members (excludes halogenated alkanes) is 1. The summed E-state index contributed by atoms with van der Waals surface area (Å²) in [6, 6.07) is 5.04. The second-order valence-electron chi connectivity index (χ2n) is 4.50. The van der Waals surface area contributed by atoms with Crippen LogP contribution in [0.15, 0.2) is 36.9 Å². The van der Waals surface area contributed by atoms with Gasteiger partial charge in [-0.25, -0.2) is 14.8 Å². The van der Waals surface area contributed by atoms with Gasteiger partial charge in [0.25, 0.3) is 0 Å². The first-order valence-corrected chi connectivity index (χ1v) is 6.61. The number of imidazole rings is 1. The van der Waals surface area contributed by atoms with E-state index in [9.17, 15) is 4.79 Å². The second-order valence-corrected chi connectivity index (χ2v) is 4.50. The van der Waals surface area contributed by atoms with E-state index in [2.05, 4.69) is 19.9 Å². The lowest BCUT2D eigenvalue weighted by atomic mass is 10.2. The minimum absolute atomic E-state index is 0.0874. The van der Waals surface area contributed by atoms with Crippen molar-refractivity contribution in [3.8, 4) is 0 Å². The van der Waals surface area contributed by atoms with E-state index in [1.54, 1.807) is 12.3 Å². The highest BCUT2D eigenvalue weighted by molar-refractivity contribution is 5.85. The predicted molar refractivity (Wildman–Crippen MR) is 74.4 cm³/mol. The summed E-state index contributed by atoms with van der Waals surface area (Å²) in [5.41, 5.74) is 0.837. The van der Waals surface area contributed by atoms with E-state index in [1.807, 2.05) is 18.6 Å². The fraction of sp³-hybridized carbons (Fsp3) is 0.357. The van der Waals surface area contributed by atoms with Crippen molar-refractivity contribution in [1.82, 2.24) is 19.9 Å². The summed E-state index contributed by atoms with van der Waals surface area (Å²) in [6.45, 7) is 2.44. The van der Waals surface area contributed by atoms with Crippen molar-refractivity contribution in [1.29, 1.82) is 0 Å². The van der Waals surface area contributed by atoms with Gasteiger partial charge in [0, 0.05) is 25.5 Å². The molecule has 0 saturated heterocycles. The average Bonchev–Trinajstić information content (AvgIpc) is 2.96. The van der Waals surface area contributed by atoms with Crippen LogP contribution in [0.25, 0.3) is 0 Å². The Labute approximate surface area is 117 Å². The predicted octanol–water partition coefficient (Wildman–Crippen LogP) is 1.55. The number of carboxylic acid groups (broad SMARTS) is 1. The van der Waals surface area contributed by atoms with E-state index in [1.165, 1.54) is 6.07 Å². The molecule has 0 saturated carbocycles. The smallest absolute Gasteiger partial charge is 0.354 e. The highest BCUT2D eigenvalue weighted by atomic mass is 16.4. The van der Waals surface area contributed by atoms with E-state index in [4.69, 9.17) is 5.11 Å². The van der Waals surface area contributed by atoms with Gasteiger partial charge < -0.3 is 15.0 Å². The van der Waals surface area contributed by atoms with Gasteiger partial charge in [0.1, 0.15) is 5.69 Å². The van der Waals surface area contributed by atoms with Crippen LogP contribution in [0.5, 0.6) is 0 Å². The molecular weight excluding hydrogens is 256 g/mol. The van der Waals surface area contributed by atoms with E-state index < -0.39 is 5.97 Å². The number of hydrogen-bond acceptors (Lipinski definition) is 4. The van der Waals surface area contributed by atoms with E-state index in [-0.39, 0.29) is 5.69 Å². The van der Waals surface area contributed by atoms with Gasteiger partial charge in [0.2, 0.25) is 0 Å². The van der Waals surface area contributed by atoms with Crippen molar-refractivity contribution in [3.63, 3.8) is 0 Å². The number of hydrogen-bond donors (Lipinski definition) is 2. The van der Waals surface area contributed by atoms with Crippen LogP contribution in [-0.4, -0.2) is 32.2 Å². The molecule has 2 heterocycles. The molecule has 2 aromatic rings. The van der Waals surface area contributed by atoms with Crippen molar-refractivity contribution < 1.29 is 9.90 Å². The van der Waals surface area contributed by atoms with Gasteiger partial charge in [-0.15, -0.1) is 0 Å². The monoisotopic (exact) mass is 274 g/mol. The summed E-state index contributed by atoms with van der Waals surface area (Å²) < 4.78 is 2.05. The van der Waals surface area contributed by atoms with E-state index in [0.29, 0.717) is 6.54 Å². The van der Waals surface area contributed by atoms with Crippen LogP contribution in [0.3, 0.4) is 0 Å². The molecule has 0 fully saturated rings. The van der Waals surface area contributed by atoms with Gasteiger partial charge in [-0.1, -0.05) is 6.07 Å². The molecule has 106 valence electrons. The number of carboxylic acids is 1. The van der Waals surface area contributed by atoms with Gasteiger partial charge in [0.15, 0.2) is 0 Å². The average molecular weight is 274 g/mol. The number of aromatic carboxylic acids is 1. The highest BCUT2D eigenvalue weighted by Crippen LogP contribution is 2.00. The number of aryl methyl sites for hydroxylation is 1. The number of aromatic nitrogens is 3. The maximum Gasteiger partial charge on any atom is 0.354 e. The third-order valence-corrected chi connectivity index (χ3v) is 2.91. The van der Waals surface area contributed by atoms with Crippen molar-refractivity contribution in [3.05, 3.63) is 48.3 Å². The third-order valence-electron chi connectivity index (χ3n) is 2.91. The summed E-state index contributed by atoms with van der Waals surface area (Å²) in [5, 5.41) is 12.1. The molecule has 0 amide bonds. The second kappa shape index (κ2) is 7.40. The lowest BCUT2D eigenvalue weighted by Gasteiger charge is -2.05. The first-order chi connectivity index (χ1) is 9.75. The Balaban J connectivity index is 1.63. The minimum Gasteiger partial charge on any atom is -0.477 e. The van der Waals surface area contributed by atoms with Crippen LogP contribution in [0.4, 0.5) is 0 Å². The molecule has 2 rings (SSSR count). The molecule has 0 bridgehead atoms. The molecule has 0 unspecified atom stereocenters. The van der Waals surface area contributed by atoms with Crippen LogP contribution >= 0.6 is 0 Å². The molecule has 6 nitrogen and oxygen atoms in total. The number of nitrogens with one attached hydrogen (secondary N) is 1. The van der Waals surface area contributed by atoms with Crippen LogP contribution in [0, 0.1) is 0 Å². The summed E-state index contributed by atoms with van der Waals surface area (Å²) in [5.74, 6) is -0.993. The van der Waals surface area contributed by atoms with E-state index >= 15 is 0 Å². The Kier molecular flexibility index (Phi) is 5.25. The summed E-state index contributed by atoms with van der Waals surface area (Å²) in [7, 11) is 0. The maximum atomic E-state index is 10.8. The molecule has 0 radical (unpaired) electrons. The fourth-order valence-corrected chi connectivity index (χ4v) is 1.88. The molecular formula is C14H18N4O2. The summed E-state index contributed by atoms with van der Waals surface area (Å²) in [4.78, 5) is 18.8. The van der Waals surface area contributed by atoms with Crippen molar-refractivity contribution in [2.45, 2.75) is 25.9 Å². The van der Waals surface area contributed by atoms with Crippen molar-refractivity contribution in [2.24, 2.45) is 0 Å². The van der Waals surface area contributed by atoms with Gasteiger partial charge >= 0.3 is 5.97 Å². The first kappa shape index (κ1) is 14.2. The Hall–Kier alpha value is -2.21. The van der Waals surface area contributed by atoms with Crippen molar-refractivity contribution >= 4 is 5.97 Å². The lowest BCUT2D eigenvalue weighted by Crippen LogP contribution is -2.17. The summed E-state index contributed by atoms with van der Waals surface area (Å²) >= 11 is 0. The quantitative estimate of drug-likeness (QED) is 0.714. The Morgan fingerprint density at radius 3 is 3.00 bits per heavy atom. The zero-order valence-corrected chi connectivity index (χ0v) is 11.2. The molecule has 0 aliphatic heterocycles. The molecule has 0 spiro atoms. The summed E-state index contributed by atoms with van der Waals surface area (Å²) in [6.07, 6.45) is 7.67. The van der Waals surface area contributed by atoms with Gasteiger partial charge in [-0.2, -0.15) is 0 Å². The third kappa shape index (κ3) is 4.47. The zero-order valence-electron chi connectivity index (χ0n) is 11.2. The number of carbonyl (C=O) groups is 1. The number of pyridine rings is 1. The SMILES string of the molecule is O=C(O)c1cccc(CNCCCCn2ccnc2)n1. The normalized spacial score (nSPS) is 10.6. The zero-order chi connectivity index (χ0) is 14.2. The molecule has 6 heteroatoms. The Morgan fingerprint density at radius 2 is 2.25 bits per heavy atom. The molecule has 2 N–H and O–H groups in total. The molecule has 0 aliphatic rings. The minimum atomic E-state index is -0.993. The largest absolute Gasteiger partial charge is 0.477 e. The molecule has 0 aliphatic carbocycles. The van der Waals surface area contributed by atoms with Gasteiger partial charge in [-0.05, 0) is 31.5 Å². The number of nitrogens with zero attached hydrogens (tertiary/aromatic N) is 3. The van der Waals surface area contributed by atoms with E-state index in [0.717, 1.165) is 31.6 Å². The van der Waals surface area contributed by atoms with Crippen LogP contribution in [0.2, 0.25) is 0 Å².